The Kier molecular flexibility index (Phi) is 12.6. The number of likely N-dealkylation sites (tertiary alicyclic amines) is 1. The number of halogens is 2. The van der Waals surface area contributed by atoms with Crippen LogP contribution in [0.25, 0.3) is 10.9 Å². The van der Waals surface area contributed by atoms with E-state index < -0.39 is 11.9 Å². The summed E-state index contributed by atoms with van der Waals surface area (Å²) in [7, 11) is 1.51. The number of hydrogen-bond donors (Lipinski definition) is 3. The number of nitrogens with one attached hydrogen (secondary N) is 3. The van der Waals surface area contributed by atoms with Gasteiger partial charge in [0.05, 0.1) is 23.9 Å². The van der Waals surface area contributed by atoms with Crippen molar-refractivity contribution >= 4 is 75.2 Å². The third kappa shape index (κ3) is 8.76. The number of fused-ring (bicyclic) bond motifs is 2. The number of hydrogen-bond acceptors (Lipinski definition) is 12. The highest BCUT2D eigenvalue weighted by molar-refractivity contribution is 6.33. The SMILES string of the molecule is CNC(=O)COc1cc2cc(Nc3nc(N4CCC(OC5CN([C@H]6CC[C@@H](c7ccc8c(c7Cl)CN(C7CCC(=O)NC7=O)C8=O)CC6)C5)CC4)ncc3Cl)ccc2n(C(C)C)c1=O. The first-order valence-corrected chi connectivity index (χ1v) is 23.0. The topological polar surface area (TPSA) is 180 Å². The van der Waals surface area contributed by atoms with Crippen molar-refractivity contribution in [2.45, 2.75) is 108 Å². The molecule has 4 aliphatic heterocycles. The minimum absolute atomic E-state index is 0.0916. The number of benzene rings is 2. The number of aromatic nitrogens is 3. The molecule has 16 nitrogen and oxygen atoms in total. The lowest BCUT2D eigenvalue weighted by Crippen LogP contribution is -2.58. The number of nitrogens with zero attached hydrogens (tertiary/aromatic N) is 6. The van der Waals surface area contributed by atoms with E-state index >= 15 is 0 Å². The van der Waals surface area contributed by atoms with Gasteiger partial charge < -0.3 is 34.5 Å². The predicted octanol–water partition coefficient (Wildman–Crippen LogP) is 5.70. The van der Waals surface area contributed by atoms with Gasteiger partial charge in [0, 0.05) is 85.5 Å². The molecule has 5 aliphatic rings. The molecule has 6 heterocycles. The van der Waals surface area contributed by atoms with E-state index in [1.165, 1.54) is 7.05 Å². The molecule has 2 aromatic carbocycles. The van der Waals surface area contributed by atoms with Crippen LogP contribution in [0.5, 0.6) is 5.75 Å². The second-order valence-corrected chi connectivity index (χ2v) is 18.6. The first-order chi connectivity index (χ1) is 30.8. The molecule has 0 bridgehead atoms. The molecule has 1 saturated carbocycles. The van der Waals surface area contributed by atoms with Crippen molar-refractivity contribution in [2.75, 3.05) is 50.1 Å². The molecule has 338 valence electrons. The molecule has 0 spiro atoms. The minimum Gasteiger partial charge on any atom is -0.478 e. The number of likely N-dealkylation sites (N-methyl/N-ethyl adjacent to an activating group) is 1. The zero-order valence-corrected chi connectivity index (χ0v) is 37.7. The van der Waals surface area contributed by atoms with Gasteiger partial charge in [-0.05, 0) is 101 Å². The summed E-state index contributed by atoms with van der Waals surface area (Å²) in [6.07, 6.45) is 8.41. The van der Waals surface area contributed by atoms with E-state index in [4.69, 9.17) is 37.7 Å². The molecule has 0 radical (unpaired) electrons. The number of amides is 4. The Labute approximate surface area is 380 Å². The number of pyridine rings is 1. The van der Waals surface area contributed by atoms with Crippen molar-refractivity contribution in [2.24, 2.45) is 0 Å². The Balaban J connectivity index is 0.746. The van der Waals surface area contributed by atoms with Gasteiger partial charge in [-0.3, -0.25) is 34.2 Å². The molecule has 1 unspecified atom stereocenters. The van der Waals surface area contributed by atoms with Crippen LogP contribution in [-0.2, 0) is 25.7 Å². The van der Waals surface area contributed by atoms with E-state index in [2.05, 4.69) is 30.7 Å². The van der Waals surface area contributed by atoms with Gasteiger partial charge in [0.25, 0.3) is 17.4 Å². The smallest absolute Gasteiger partial charge is 0.293 e. The number of anilines is 3. The lowest BCUT2D eigenvalue weighted by molar-refractivity contribution is -0.137. The lowest BCUT2D eigenvalue weighted by atomic mass is 9.79. The maximum atomic E-state index is 13.3. The maximum Gasteiger partial charge on any atom is 0.293 e. The van der Waals surface area contributed by atoms with Crippen LogP contribution in [0.15, 0.2) is 47.4 Å². The van der Waals surface area contributed by atoms with Gasteiger partial charge in [0.15, 0.2) is 18.2 Å². The average Bonchev–Trinajstić information content (AvgIpc) is 3.61. The fraction of sp³-hybridized carbons (Fsp3) is 0.500. The molecule has 1 aliphatic carbocycles. The van der Waals surface area contributed by atoms with E-state index in [1.54, 1.807) is 21.7 Å². The summed E-state index contributed by atoms with van der Waals surface area (Å²) in [6.45, 7) is 7.22. The number of rotatable bonds is 12. The van der Waals surface area contributed by atoms with Crippen LogP contribution >= 0.6 is 23.2 Å². The lowest BCUT2D eigenvalue weighted by Gasteiger charge is -2.47. The van der Waals surface area contributed by atoms with Crippen LogP contribution in [-0.4, -0.2) is 112 Å². The molecule has 1 atom stereocenters. The van der Waals surface area contributed by atoms with Gasteiger partial charge in [-0.15, -0.1) is 0 Å². The van der Waals surface area contributed by atoms with Crippen LogP contribution in [0.1, 0.15) is 98.7 Å². The van der Waals surface area contributed by atoms with Gasteiger partial charge in [-0.25, -0.2) is 4.98 Å². The second-order valence-electron chi connectivity index (χ2n) is 17.8. The number of carbonyl (C=O) groups is 4. The predicted molar refractivity (Wildman–Crippen MR) is 243 cm³/mol. The molecule has 4 amide bonds. The fourth-order valence-corrected chi connectivity index (χ4v) is 10.5. The van der Waals surface area contributed by atoms with Crippen molar-refractivity contribution in [3.05, 3.63) is 79.7 Å². The molecule has 4 aromatic rings. The maximum absolute atomic E-state index is 13.3. The van der Waals surface area contributed by atoms with Crippen LogP contribution in [0.3, 0.4) is 0 Å². The highest BCUT2D eigenvalue weighted by atomic mass is 35.5. The summed E-state index contributed by atoms with van der Waals surface area (Å²) in [4.78, 5) is 78.2. The molecular formula is C46H53Cl2N9O7. The van der Waals surface area contributed by atoms with Crippen molar-refractivity contribution in [1.29, 1.82) is 0 Å². The Bertz CT molecular complexity index is 2550. The summed E-state index contributed by atoms with van der Waals surface area (Å²) in [5.74, 6) is 0.189. The Hall–Kier alpha value is -5.29. The second kappa shape index (κ2) is 18.3. The van der Waals surface area contributed by atoms with Crippen LogP contribution in [0, 0.1) is 0 Å². The molecular weight excluding hydrogens is 861 g/mol. The number of ether oxygens (including phenoxy) is 2. The Morgan fingerprint density at radius 1 is 0.953 bits per heavy atom. The van der Waals surface area contributed by atoms with E-state index in [0.29, 0.717) is 51.4 Å². The summed E-state index contributed by atoms with van der Waals surface area (Å²) < 4.78 is 13.9. The molecule has 2 aromatic heterocycles. The van der Waals surface area contributed by atoms with Gasteiger partial charge in [-0.2, -0.15) is 4.98 Å². The normalized spacial score (nSPS) is 22.2. The zero-order valence-electron chi connectivity index (χ0n) is 36.2. The summed E-state index contributed by atoms with van der Waals surface area (Å²) in [5, 5.41) is 9.96. The first kappa shape index (κ1) is 43.9. The minimum atomic E-state index is -0.660. The van der Waals surface area contributed by atoms with E-state index in [-0.39, 0.29) is 66.9 Å². The molecule has 4 fully saturated rings. The highest BCUT2D eigenvalue weighted by Gasteiger charge is 2.42. The van der Waals surface area contributed by atoms with Crippen LogP contribution in [0.2, 0.25) is 10.0 Å². The standard InChI is InChI=1S/C46H53Cl2N9O7/c1-25(2)57-36-11-6-28(18-27(36)19-38(45(57)62)63-24-40(59)49-3)51-42-35(47)20-50-46(53-42)54-16-14-30(15-17-54)64-31-21-55(22-31)29-7-4-26(5-8-29)32-9-10-33-34(41(32)48)23-56(44(33)61)37-12-13-39(58)52-43(37)60/h6,9-11,18-20,25-26,29-31,37H,4-5,7-8,12-17,21-24H2,1-3H3,(H,49,59)(H,50,51,53)(H,52,58,60)/t26-,29+,37?. The molecule has 64 heavy (non-hydrogen) atoms. The third-order valence-electron chi connectivity index (χ3n) is 13.5. The fourth-order valence-electron chi connectivity index (χ4n) is 9.97. The summed E-state index contributed by atoms with van der Waals surface area (Å²) >= 11 is 13.6. The quantitative estimate of drug-likeness (QED) is 0.148. The number of imide groups is 1. The number of carbonyl (C=O) groups excluding carboxylic acids is 4. The van der Waals surface area contributed by atoms with Crippen molar-refractivity contribution in [3.8, 4) is 5.75 Å². The number of piperidine rings is 2. The Morgan fingerprint density at radius 3 is 2.44 bits per heavy atom. The average molecular weight is 915 g/mol. The Morgan fingerprint density at radius 2 is 1.72 bits per heavy atom. The highest BCUT2D eigenvalue weighted by Crippen LogP contribution is 2.43. The van der Waals surface area contributed by atoms with Gasteiger partial charge in [-0.1, -0.05) is 29.3 Å². The van der Waals surface area contributed by atoms with E-state index in [0.717, 1.165) is 86.7 Å². The molecule has 9 rings (SSSR count). The van der Waals surface area contributed by atoms with Gasteiger partial charge in [0.2, 0.25) is 17.8 Å². The molecule has 18 heteroatoms. The summed E-state index contributed by atoms with van der Waals surface area (Å²) in [5.41, 5.74) is 3.56. The summed E-state index contributed by atoms with van der Waals surface area (Å²) in [6, 6.07) is 10.9. The van der Waals surface area contributed by atoms with Gasteiger partial charge >= 0.3 is 0 Å². The zero-order chi connectivity index (χ0) is 44.8. The van der Waals surface area contributed by atoms with Crippen LogP contribution < -0.4 is 31.1 Å². The third-order valence-corrected chi connectivity index (χ3v) is 14.2. The van der Waals surface area contributed by atoms with Crippen molar-refractivity contribution in [3.63, 3.8) is 0 Å². The van der Waals surface area contributed by atoms with Crippen LogP contribution in [0.4, 0.5) is 17.5 Å². The monoisotopic (exact) mass is 913 g/mol. The largest absolute Gasteiger partial charge is 0.478 e. The van der Waals surface area contributed by atoms with Crippen molar-refractivity contribution in [1.82, 2.24) is 35.0 Å². The van der Waals surface area contributed by atoms with E-state index in [1.807, 2.05) is 44.2 Å². The van der Waals surface area contributed by atoms with E-state index in [9.17, 15) is 24.0 Å². The first-order valence-electron chi connectivity index (χ1n) is 22.3. The van der Waals surface area contributed by atoms with Gasteiger partial charge in [0.1, 0.15) is 11.1 Å². The molecule has 3 N–H and O–H groups in total. The van der Waals surface area contributed by atoms with Crippen molar-refractivity contribution < 1.29 is 28.7 Å². The molecule has 3 saturated heterocycles.